The second-order valence-corrected chi connectivity index (χ2v) is 4.57. The lowest BCUT2D eigenvalue weighted by Gasteiger charge is -2.26. The highest BCUT2D eigenvalue weighted by molar-refractivity contribution is 5.80. The number of aliphatic carboxylic acids is 1. The van der Waals surface area contributed by atoms with E-state index in [1.54, 1.807) is 0 Å². The summed E-state index contributed by atoms with van der Waals surface area (Å²) in [6.07, 6.45) is -0.340. The summed E-state index contributed by atoms with van der Waals surface area (Å²) in [6.45, 7) is 0.110. The molecule has 0 bridgehead atoms. The summed E-state index contributed by atoms with van der Waals surface area (Å²) < 4.78 is 10.3. The minimum Gasteiger partial charge on any atom is -0.480 e. The zero-order chi connectivity index (χ0) is 14.5. The molecule has 1 heterocycles. The van der Waals surface area contributed by atoms with Crippen molar-refractivity contribution in [3.8, 4) is 0 Å². The number of carboxylic acid groups (broad SMARTS) is 1. The van der Waals surface area contributed by atoms with Crippen LogP contribution in [0.4, 0.5) is 4.79 Å². The summed E-state index contributed by atoms with van der Waals surface area (Å²) in [4.78, 5) is 24.4. The highest BCUT2D eigenvalue weighted by Crippen LogP contribution is 2.26. The molecule has 1 fully saturated rings. The first-order chi connectivity index (χ1) is 9.63. The first-order valence-electron chi connectivity index (χ1n) is 6.38. The smallest absolute Gasteiger partial charge is 0.412 e. The molecule has 1 aliphatic rings. The highest BCUT2D eigenvalue weighted by Gasteiger charge is 2.42. The molecule has 1 aromatic carbocycles. The van der Waals surface area contributed by atoms with Gasteiger partial charge in [-0.2, -0.15) is 0 Å². The van der Waals surface area contributed by atoms with Crippen molar-refractivity contribution < 1.29 is 24.2 Å². The molecule has 1 aliphatic heterocycles. The van der Waals surface area contributed by atoms with Gasteiger partial charge in [0, 0.05) is 7.11 Å². The monoisotopic (exact) mass is 279 g/mol. The van der Waals surface area contributed by atoms with Gasteiger partial charge in [-0.1, -0.05) is 30.3 Å². The third-order valence-electron chi connectivity index (χ3n) is 3.31. The van der Waals surface area contributed by atoms with E-state index in [2.05, 4.69) is 0 Å². The number of hydrogen-bond acceptors (Lipinski definition) is 4. The molecule has 0 saturated carbocycles. The fourth-order valence-corrected chi connectivity index (χ4v) is 2.29. The summed E-state index contributed by atoms with van der Waals surface area (Å²) in [7, 11) is 1.45. The molecule has 0 radical (unpaired) electrons. The molecule has 0 spiro atoms. The molecule has 2 atom stereocenters. The lowest BCUT2D eigenvalue weighted by molar-refractivity contribution is -0.144. The maximum absolute atomic E-state index is 12.1. The second-order valence-electron chi connectivity index (χ2n) is 4.57. The fourth-order valence-electron chi connectivity index (χ4n) is 2.29. The van der Waals surface area contributed by atoms with Crippen LogP contribution in [0.1, 0.15) is 18.4 Å². The van der Waals surface area contributed by atoms with Gasteiger partial charge in [0.2, 0.25) is 0 Å². The van der Waals surface area contributed by atoms with Crippen LogP contribution in [0, 0.1) is 0 Å². The quantitative estimate of drug-likeness (QED) is 0.910. The largest absolute Gasteiger partial charge is 0.480 e. The molecule has 6 heteroatoms. The summed E-state index contributed by atoms with van der Waals surface area (Å²) in [6, 6.07) is 8.34. The number of nitrogens with zero attached hydrogens (tertiary/aromatic N) is 1. The van der Waals surface area contributed by atoms with Gasteiger partial charge in [-0.15, -0.1) is 0 Å². The number of benzene rings is 1. The zero-order valence-electron chi connectivity index (χ0n) is 11.2. The van der Waals surface area contributed by atoms with Gasteiger partial charge in [0.05, 0.1) is 0 Å². The van der Waals surface area contributed by atoms with Crippen molar-refractivity contribution in [1.82, 2.24) is 4.90 Å². The van der Waals surface area contributed by atoms with Crippen LogP contribution in [0.5, 0.6) is 0 Å². The number of carboxylic acids is 1. The van der Waals surface area contributed by atoms with Crippen LogP contribution in [-0.4, -0.2) is 41.4 Å². The number of methoxy groups -OCH3 is 1. The van der Waals surface area contributed by atoms with Crippen LogP contribution in [-0.2, 0) is 20.9 Å². The highest BCUT2D eigenvalue weighted by atomic mass is 16.6. The van der Waals surface area contributed by atoms with Crippen molar-refractivity contribution in [1.29, 1.82) is 0 Å². The first kappa shape index (κ1) is 14.3. The topological polar surface area (TPSA) is 76.1 Å². The van der Waals surface area contributed by atoms with Crippen LogP contribution in [0.25, 0.3) is 0 Å². The lowest BCUT2D eigenvalue weighted by atomic mass is 10.2. The van der Waals surface area contributed by atoms with Crippen LogP contribution in [0.2, 0.25) is 0 Å². The van der Waals surface area contributed by atoms with Crippen LogP contribution >= 0.6 is 0 Å². The molecule has 1 amide bonds. The van der Waals surface area contributed by atoms with Crippen molar-refractivity contribution in [3.63, 3.8) is 0 Å². The van der Waals surface area contributed by atoms with E-state index in [0.717, 1.165) is 10.5 Å². The molecule has 0 aliphatic carbocycles. The molecule has 1 unspecified atom stereocenters. The minimum atomic E-state index is -1.04. The van der Waals surface area contributed by atoms with Gasteiger partial charge in [-0.25, -0.2) is 9.59 Å². The maximum Gasteiger partial charge on any atom is 0.412 e. The van der Waals surface area contributed by atoms with E-state index in [1.807, 2.05) is 30.3 Å². The van der Waals surface area contributed by atoms with Crippen LogP contribution < -0.4 is 0 Å². The summed E-state index contributed by atoms with van der Waals surface area (Å²) >= 11 is 0. The Balaban J connectivity index is 2.00. The maximum atomic E-state index is 12.1. The van der Waals surface area contributed by atoms with E-state index in [9.17, 15) is 9.59 Å². The Labute approximate surface area is 116 Å². The zero-order valence-corrected chi connectivity index (χ0v) is 11.2. The van der Waals surface area contributed by atoms with Crippen molar-refractivity contribution in [3.05, 3.63) is 35.9 Å². The minimum absolute atomic E-state index is 0.110. The predicted octanol–water partition coefficient (Wildman–Crippen LogP) is 1.84. The molecular weight excluding hydrogens is 262 g/mol. The normalized spacial score (nSPS) is 21.8. The number of rotatable bonds is 4. The number of amides is 1. The van der Waals surface area contributed by atoms with Crippen LogP contribution in [0.3, 0.4) is 0 Å². The Bertz CT molecular complexity index is 476. The molecule has 6 nitrogen and oxygen atoms in total. The standard InChI is InChI=1S/C14H17NO5/c1-19-12-8-7-11(13(16)17)15(12)14(18)20-9-10-5-3-2-4-6-10/h2-6,11-12H,7-9H2,1H3,(H,16,17)/t11-,12?/m0/s1. The van der Waals surface area contributed by atoms with Gasteiger partial charge in [-0.05, 0) is 18.4 Å². The average Bonchev–Trinajstić information content (AvgIpc) is 2.90. The lowest BCUT2D eigenvalue weighted by Crippen LogP contribution is -2.45. The second kappa shape index (κ2) is 6.38. The van der Waals surface area contributed by atoms with Crippen molar-refractivity contribution in [2.24, 2.45) is 0 Å². The van der Waals surface area contributed by atoms with Crippen molar-refractivity contribution >= 4 is 12.1 Å². The van der Waals surface area contributed by atoms with Gasteiger partial charge in [-0.3, -0.25) is 4.90 Å². The summed E-state index contributed by atoms with van der Waals surface area (Å²) in [5.74, 6) is -1.04. The predicted molar refractivity (Wildman–Crippen MR) is 69.9 cm³/mol. The fraction of sp³-hybridized carbons (Fsp3) is 0.429. The number of ether oxygens (including phenoxy) is 2. The molecule has 1 saturated heterocycles. The van der Waals surface area contributed by atoms with E-state index < -0.39 is 24.3 Å². The Morgan fingerprint density at radius 1 is 1.30 bits per heavy atom. The first-order valence-corrected chi connectivity index (χ1v) is 6.38. The van der Waals surface area contributed by atoms with Gasteiger partial charge < -0.3 is 14.6 Å². The Morgan fingerprint density at radius 3 is 2.60 bits per heavy atom. The van der Waals surface area contributed by atoms with Gasteiger partial charge >= 0.3 is 12.1 Å². The summed E-state index contributed by atoms with van der Waals surface area (Å²) in [5.41, 5.74) is 0.848. The molecular formula is C14H17NO5. The Kier molecular flexibility index (Phi) is 4.57. The van der Waals surface area contributed by atoms with E-state index in [0.29, 0.717) is 12.8 Å². The number of likely N-dealkylation sites (tertiary alicyclic amines) is 1. The molecule has 1 aromatic rings. The van der Waals surface area contributed by atoms with Crippen molar-refractivity contribution in [2.75, 3.05) is 7.11 Å². The molecule has 1 N–H and O–H groups in total. The number of carbonyl (C=O) groups is 2. The van der Waals surface area contributed by atoms with Gasteiger partial charge in [0.1, 0.15) is 18.9 Å². The number of hydrogen-bond donors (Lipinski definition) is 1. The SMILES string of the molecule is COC1CC[C@@H](C(=O)O)N1C(=O)OCc1ccccc1. The molecule has 2 rings (SSSR count). The van der Waals surface area contributed by atoms with Crippen molar-refractivity contribution in [2.45, 2.75) is 31.7 Å². The Morgan fingerprint density at radius 2 is 2.00 bits per heavy atom. The molecule has 108 valence electrons. The van der Waals surface area contributed by atoms with E-state index in [1.165, 1.54) is 7.11 Å². The van der Waals surface area contributed by atoms with Crippen LogP contribution in [0.15, 0.2) is 30.3 Å². The van der Waals surface area contributed by atoms with Gasteiger partial charge in [0.25, 0.3) is 0 Å². The third kappa shape index (κ3) is 3.08. The van der Waals surface area contributed by atoms with E-state index in [-0.39, 0.29) is 6.61 Å². The van der Waals surface area contributed by atoms with E-state index >= 15 is 0 Å². The average molecular weight is 279 g/mol. The molecule has 20 heavy (non-hydrogen) atoms. The molecule has 0 aromatic heterocycles. The number of carbonyl (C=O) groups excluding carboxylic acids is 1. The Hall–Kier alpha value is -2.08. The van der Waals surface area contributed by atoms with E-state index in [4.69, 9.17) is 14.6 Å². The third-order valence-corrected chi connectivity index (χ3v) is 3.31. The van der Waals surface area contributed by atoms with Gasteiger partial charge in [0.15, 0.2) is 0 Å². The summed E-state index contributed by atoms with van der Waals surface area (Å²) in [5, 5.41) is 9.13.